The Hall–Kier alpha value is -4.52. The van der Waals surface area contributed by atoms with Gasteiger partial charge in [0.2, 0.25) is 14.2 Å². The minimum Gasteiger partial charge on any atom is -0.497 e. The van der Waals surface area contributed by atoms with E-state index in [1.165, 1.54) is 0 Å². The molecule has 3 atom stereocenters. The second-order valence-electron chi connectivity index (χ2n) is 12.8. The molecule has 0 saturated carbocycles. The molecule has 1 fully saturated rings. The lowest BCUT2D eigenvalue weighted by Gasteiger charge is -2.31. The molecule has 2 heterocycles. The van der Waals surface area contributed by atoms with E-state index in [0.717, 1.165) is 38.8 Å². The first-order valence-electron chi connectivity index (χ1n) is 16.3. The number of rotatable bonds is 10. The van der Waals surface area contributed by atoms with E-state index in [2.05, 4.69) is 33.3 Å². The van der Waals surface area contributed by atoms with Gasteiger partial charge in [-0.1, -0.05) is 60.1 Å². The summed E-state index contributed by atoms with van der Waals surface area (Å²) in [6.45, 7) is 6.34. The number of hydrogen-bond acceptors (Lipinski definition) is 8. The third-order valence-corrected chi connectivity index (χ3v) is 10.8. The molecule has 4 aromatic carbocycles. The van der Waals surface area contributed by atoms with Gasteiger partial charge in [-0.05, 0) is 78.8 Å². The van der Waals surface area contributed by atoms with Crippen LogP contribution in [0.3, 0.4) is 0 Å². The van der Waals surface area contributed by atoms with E-state index in [1.807, 2.05) is 98.0 Å². The molecule has 2 amide bonds. The zero-order chi connectivity index (χ0) is 34.7. The number of carbonyl (C=O) groups is 2. The van der Waals surface area contributed by atoms with Gasteiger partial charge in [0.15, 0.2) is 0 Å². The standard InChI is InChI=1S/C37H41ClN6O4Si/c1-23-42-43-36-32(41-35(24-11-13-28(38)14-12-24)31-21-29(48-2)15-16-33(31)44(23)36)22-34(45)39-17-18-40-37(46)27-9-5-7-25(19-27)26-8-6-10-30(20-26)49(3,4)47/h5-16,19-21,23,32,36,42-43,47H,17-18,22H2,1-4H3,(H,39,45)(H,40,46)/t23?,32-,36?/m0/s1. The number of methoxy groups -OCH3 is 1. The Morgan fingerprint density at radius 1 is 0.918 bits per heavy atom. The van der Waals surface area contributed by atoms with Gasteiger partial charge in [0.1, 0.15) is 11.9 Å². The van der Waals surface area contributed by atoms with E-state index in [9.17, 15) is 14.4 Å². The Morgan fingerprint density at radius 3 is 2.37 bits per heavy atom. The molecule has 0 bridgehead atoms. The van der Waals surface area contributed by atoms with Crippen LogP contribution < -0.4 is 36.3 Å². The van der Waals surface area contributed by atoms with Crippen molar-refractivity contribution in [2.24, 2.45) is 4.99 Å². The Kier molecular flexibility index (Phi) is 10.2. The normalized spacial score (nSPS) is 18.5. The molecule has 2 aliphatic heterocycles. The molecular formula is C37H41ClN6O4Si. The van der Waals surface area contributed by atoms with Crippen LogP contribution in [0.2, 0.25) is 18.1 Å². The van der Waals surface area contributed by atoms with Gasteiger partial charge in [-0.25, -0.2) is 10.9 Å². The van der Waals surface area contributed by atoms with Gasteiger partial charge in [0.05, 0.1) is 31.4 Å². The second kappa shape index (κ2) is 14.5. The number of benzene rings is 4. The maximum absolute atomic E-state index is 13.4. The van der Waals surface area contributed by atoms with Crippen molar-refractivity contribution in [3.8, 4) is 16.9 Å². The number of nitrogens with one attached hydrogen (secondary N) is 4. The van der Waals surface area contributed by atoms with Crippen molar-refractivity contribution in [3.05, 3.63) is 113 Å². The van der Waals surface area contributed by atoms with Crippen LogP contribution in [-0.4, -0.2) is 69.2 Å². The Bertz CT molecular complexity index is 1880. The quantitative estimate of drug-likeness (QED) is 0.125. The van der Waals surface area contributed by atoms with Crippen molar-refractivity contribution in [2.45, 2.75) is 44.8 Å². The van der Waals surface area contributed by atoms with Crippen molar-refractivity contribution in [2.75, 3.05) is 25.1 Å². The van der Waals surface area contributed by atoms with Crippen molar-refractivity contribution in [1.82, 2.24) is 21.5 Å². The summed E-state index contributed by atoms with van der Waals surface area (Å²) in [6.07, 6.45) is -0.243. The summed E-state index contributed by atoms with van der Waals surface area (Å²) < 4.78 is 5.57. The minimum atomic E-state index is -2.47. The molecule has 254 valence electrons. The molecule has 0 aromatic heterocycles. The number of ether oxygens (including phenoxy) is 1. The highest BCUT2D eigenvalue weighted by Crippen LogP contribution is 2.36. The van der Waals surface area contributed by atoms with Crippen LogP contribution in [0.1, 0.15) is 34.8 Å². The monoisotopic (exact) mass is 696 g/mol. The van der Waals surface area contributed by atoms with Crippen molar-refractivity contribution in [1.29, 1.82) is 0 Å². The molecule has 4 aromatic rings. The lowest BCUT2D eigenvalue weighted by molar-refractivity contribution is -0.121. The van der Waals surface area contributed by atoms with E-state index in [-0.39, 0.29) is 43.7 Å². The SMILES string of the molecule is COc1ccc2c(c1)C(c1ccc(Cl)cc1)=N[C@@H](CC(=O)NCCNC(=O)c1cccc(-c3cccc([Si](C)(C)O)c3)c1)C1NNC(C)N21. The van der Waals surface area contributed by atoms with Gasteiger partial charge < -0.3 is 25.1 Å². The molecule has 0 spiro atoms. The lowest BCUT2D eigenvalue weighted by atomic mass is 9.99. The third kappa shape index (κ3) is 7.71. The summed E-state index contributed by atoms with van der Waals surface area (Å²) in [5.74, 6) is 0.292. The van der Waals surface area contributed by atoms with Crippen LogP contribution in [0.25, 0.3) is 11.1 Å². The number of hydrogen-bond donors (Lipinski definition) is 5. The first-order chi connectivity index (χ1) is 23.5. The maximum Gasteiger partial charge on any atom is 0.251 e. The van der Waals surface area contributed by atoms with E-state index < -0.39 is 14.4 Å². The zero-order valence-electron chi connectivity index (χ0n) is 28.0. The molecular weight excluding hydrogens is 656 g/mol. The molecule has 5 N–H and O–H groups in total. The minimum absolute atomic E-state index is 0.0662. The first kappa shape index (κ1) is 34.3. The average Bonchev–Trinajstić information content (AvgIpc) is 3.42. The number of carbonyl (C=O) groups excluding carboxylic acids is 2. The van der Waals surface area contributed by atoms with Crippen molar-refractivity contribution >= 4 is 48.3 Å². The highest BCUT2D eigenvalue weighted by Gasteiger charge is 2.41. The summed E-state index contributed by atoms with van der Waals surface area (Å²) >= 11 is 6.22. The average molecular weight is 697 g/mol. The van der Waals surface area contributed by atoms with Crippen LogP contribution in [0, 0.1) is 0 Å². The van der Waals surface area contributed by atoms with Gasteiger partial charge in [-0.15, -0.1) is 0 Å². The molecule has 2 aliphatic rings. The third-order valence-electron chi connectivity index (χ3n) is 8.83. The van der Waals surface area contributed by atoms with Crippen molar-refractivity contribution in [3.63, 3.8) is 0 Å². The number of fused-ring (bicyclic) bond motifs is 3. The predicted octanol–water partition coefficient (Wildman–Crippen LogP) is 4.16. The lowest BCUT2D eigenvalue weighted by Crippen LogP contribution is -2.48. The number of nitrogens with zero attached hydrogens (tertiary/aromatic N) is 2. The second-order valence-corrected chi connectivity index (χ2v) is 16.9. The largest absolute Gasteiger partial charge is 0.497 e. The molecule has 2 unspecified atom stereocenters. The summed E-state index contributed by atoms with van der Waals surface area (Å²) in [6, 6.07) is 28.2. The Labute approximate surface area is 292 Å². The summed E-state index contributed by atoms with van der Waals surface area (Å²) in [5.41, 5.74) is 12.5. The number of halogens is 1. The predicted molar refractivity (Wildman–Crippen MR) is 197 cm³/mol. The summed E-state index contributed by atoms with van der Waals surface area (Å²) in [7, 11) is -0.835. The molecule has 0 aliphatic carbocycles. The highest BCUT2D eigenvalue weighted by atomic mass is 35.5. The van der Waals surface area contributed by atoms with Gasteiger partial charge in [0.25, 0.3) is 5.91 Å². The topological polar surface area (TPSA) is 127 Å². The Balaban J connectivity index is 1.13. The van der Waals surface area contributed by atoms with E-state index >= 15 is 0 Å². The zero-order valence-corrected chi connectivity index (χ0v) is 29.7. The van der Waals surface area contributed by atoms with Gasteiger partial charge >= 0.3 is 0 Å². The fraction of sp³-hybridized carbons (Fsp3) is 0.270. The molecule has 49 heavy (non-hydrogen) atoms. The fourth-order valence-electron chi connectivity index (χ4n) is 6.25. The molecule has 1 saturated heterocycles. The van der Waals surface area contributed by atoms with Crippen LogP contribution in [0.5, 0.6) is 5.75 Å². The number of anilines is 1. The molecule has 10 nitrogen and oxygen atoms in total. The maximum atomic E-state index is 13.4. The van der Waals surface area contributed by atoms with Gasteiger partial charge in [0, 0.05) is 40.5 Å². The number of amides is 2. The summed E-state index contributed by atoms with van der Waals surface area (Å²) in [4.78, 5) is 44.4. The van der Waals surface area contributed by atoms with Crippen molar-refractivity contribution < 1.29 is 19.1 Å². The number of hydrazine groups is 1. The van der Waals surface area contributed by atoms with E-state index in [0.29, 0.717) is 16.3 Å². The first-order valence-corrected chi connectivity index (χ1v) is 19.6. The fourth-order valence-corrected chi connectivity index (χ4v) is 7.38. The Morgan fingerprint density at radius 2 is 1.63 bits per heavy atom. The van der Waals surface area contributed by atoms with Crippen LogP contribution in [0.4, 0.5) is 5.69 Å². The smallest absolute Gasteiger partial charge is 0.251 e. The van der Waals surface area contributed by atoms with Gasteiger partial charge in [-0.2, -0.15) is 0 Å². The van der Waals surface area contributed by atoms with Gasteiger partial charge in [-0.3, -0.25) is 14.6 Å². The van der Waals surface area contributed by atoms with Crippen LogP contribution in [-0.2, 0) is 4.79 Å². The molecule has 6 rings (SSSR count). The van der Waals surface area contributed by atoms with E-state index in [4.69, 9.17) is 21.3 Å². The molecule has 12 heteroatoms. The number of aliphatic imine (C=N–C) groups is 1. The highest BCUT2D eigenvalue weighted by molar-refractivity contribution is 6.83. The van der Waals surface area contributed by atoms with Crippen LogP contribution >= 0.6 is 11.6 Å². The van der Waals surface area contributed by atoms with E-state index in [1.54, 1.807) is 13.2 Å². The summed E-state index contributed by atoms with van der Waals surface area (Å²) in [5, 5.41) is 7.43. The molecule has 0 radical (unpaired) electrons. The van der Waals surface area contributed by atoms with Crippen LogP contribution in [0.15, 0.2) is 96.0 Å².